The summed E-state index contributed by atoms with van der Waals surface area (Å²) in [5.41, 5.74) is 3.01. The number of carbonyl (C=O) groups excluding carboxylic acids is 3. The van der Waals surface area contributed by atoms with Crippen LogP contribution in [0.2, 0.25) is 0 Å². The van der Waals surface area contributed by atoms with Crippen molar-refractivity contribution in [3.8, 4) is 5.75 Å². The van der Waals surface area contributed by atoms with Crippen molar-refractivity contribution < 1.29 is 28.6 Å². The first kappa shape index (κ1) is 24.0. The number of hydrogen-bond donors (Lipinski definition) is 0. The SMILES string of the molecule is COC(=O)c1ccc(CN2C(=O)CC(c3ccccc3OC)C(C(=O)OC(C)C)=C2C)cc1. The third-order valence-corrected chi connectivity index (χ3v) is 5.62. The summed E-state index contributed by atoms with van der Waals surface area (Å²) in [6.45, 7) is 5.61. The Balaban J connectivity index is 2.01. The van der Waals surface area contributed by atoms with Gasteiger partial charge in [-0.25, -0.2) is 9.59 Å². The largest absolute Gasteiger partial charge is 0.496 e. The lowest BCUT2D eigenvalue weighted by Crippen LogP contribution is -2.38. The van der Waals surface area contributed by atoms with Crippen molar-refractivity contribution in [3.05, 3.63) is 76.5 Å². The van der Waals surface area contributed by atoms with E-state index in [1.54, 1.807) is 57.0 Å². The normalized spacial score (nSPS) is 16.1. The topological polar surface area (TPSA) is 82.1 Å². The average Bonchev–Trinajstić information content (AvgIpc) is 2.80. The molecular weight excluding hydrogens is 422 g/mol. The van der Waals surface area contributed by atoms with Crippen LogP contribution in [-0.4, -0.2) is 43.1 Å². The predicted octanol–water partition coefficient (Wildman–Crippen LogP) is 4.22. The number of hydrogen-bond acceptors (Lipinski definition) is 6. The number of amides is 1. The van der Waals surface area contributed by atoms with Crippen LogP contribution in [0.15, 0.2) is 59.8 Å². The molecule has 0 radical (unpaired) electrons. The maximum Gasteiger partial charge on any atom is 0.337 e. The van der Waals surface area contributed by atoms with Crippen LogP contribution in [0.1, 0.15) is 54.6 Å². The molecule has 1 atom stereocenters. The van der Waals surface area contributed by atoms with Crippen molar-refractivity contribution in [1.82, 2.24) is 4.90 Å². The zero-order valence-corrected chi connectivity index (χ0v) is 19.6. The number of nitrogens with zero attached hydrogens (tertiary/aromatic N) is 1. The minimum atomic E-state index is -0.474. The van der Waals surface area contributed by atoms with Crippen molar-refractivity contribution >= 4 is 17.8 Å². The molecule has 1 heterocycles. The molecule has 3 rings (SSSR count). The molecule has 33 heavy (non-hydrogen) atoms. The second-order valence-corrected chi connectivity index (χ2v) is 8.12. The van der Waals surface area contributed by atoms with Gasteiger partial charge in [0.05, 0.1) is 38.0 Å². The Kier molecular flexibility index (Phi) is 7.53. The molecular formula is C26H29NO6. The number of ether oxygens (including phenoxy) is 3. The number of rotatable bonds is 7. The van der Waals surface area contributed by atoms with Gasteiger partial charge in [-0.1, -0.05) is 30.3 Å². The monoisotopic (exact) mass is 451 g/mol. The summed E-state index contributed by atoms with van der Waals surface area (Å²) >= 11 is 0. The predicted molar refractivity (Wildman–Crippen MR) is 123 cm³/mol. The highest BCUT2D eigenvalue weighted by Crippen LogP contribution is 2.41. The first-order valence-electron chi connectivity index (χ1n) is 10.8. The number of allylic oxidation sites excluding steroid dienone is 1. The van der Waals surface area contributed by atoms with Crippen LogP contribution in [0.5, 0.6) is 5.75 Å². The lowest BCUT2D eigenvalue weighted by Gasteiger charge is -2.35. The number of esters is 2. The highest BCUT2D eigenvalue weighted by Gasteiger charge is 2.38. The second kappa shape index (κ2) is 10.3. The summed E-state index contributed by atoms with van der Waals surface area (Å²) in [6.07, 6.45) is -0.186. The van der Waals surface area contributed by atoms with E-state index in [0.29, 0.717) is 22.6 Å². The van der Waals surface area contributed by atoms with E-state index in [1.165, 1.54) is 7.11 Å². The lowest BCUT2D eigenvalue weighted by atomic mass is 9.83. The van der Waals surface area contributed by atoms with Gasteiger partial charge >= 0.3 is 11.9 Å². The molecule has 0 spiro atoms. The zero-order valence-electron chi connectivity index (χ0n) is 19.6. The summed E-state index contributed by atoms with van der Waals surface area (Å²) in [5.74, 6) is -0.841. The molecule has 7 heteroatoms. The third-order valence-electron chi connectivity index (χ3n) is 5.62. The first-order chi connectivity index (χ1) is 15.8. The van der Waals surface area contributed by atoms with E-state index in [1.807, 2.05) is 24.3 Å². The van der Waals surface area contributed by atoms with Crippen LogP contribution < -0.4 is 4.74 Å². The van der Waals surface area contributed by atoms with Gasteiger partial charge in [0, 0.05) is 23.6 Å². The van der Waals surface area contributed by atoms with Gasteiger partial charge in [0.15, 0.2) is 0 Å². The van der Waals surface area contributed by atoms with Gasteiger partial charge in [-0.3, -0.25) is 4.79 Å². The number of carbonyl (C=O) groups is 3. The first-order valence-corrected chi connectivity index (χ1v) is 10.8. The zero-order chi connectivity index (χ0) is 24.1. The van der Waals surface area contributed by atoms with Gasteiger partial charge in [-0.15, -0.1) is 0 Å². The fraction of sp³-hybridized carbons (Fsp3) is 0.346. The Labute approximate surface area is 193 Å². The second-order valence-electron chi connectivity index (χ2n) is 8.12. The van der Waals surface area contributed by atoms with Crippen LogP contribution in [0.3, 0.4) is 0 Å². The van der Waals surface area contributed by atoms with Gasteiger partial charge in [0.1, 0.15) is 5.75 Å². The standard InChI is InChI=1S/C26H29NO6/c1-16(2)33-26(30)24-17(3)27(15-18-10-12-19(13-11-18)25(29)32-5)23(28)14-21(24)20-8-6-7-9-22(20)31-4/h6-13,16,21H,14-15H2,1-5H3. The quantitative estimate of drug-likeness (QED) is 0.586. The third kappa shape index (κ3) is 5.25. The molecule has 1 amide bonds. The van der Waals surface area contributed by atoms with E-state index in [2.05, 4.69) is 0 Å². The van der Waals surface area contributed by atoms with Gasteiger partial charge in [-0.2, -0.15) is 0 Å². The summed E-state index contributed by atoms with van der Waals surface area (Å²) < 4.78 is 15.8. The van der Waals surface area contributed by atoms with Crippen molar-refractivity contribution in [2.45, 2.75) is 45.8 Å². The van der Waals surface area contributed by atoms with Crippen LogP contribution >= 0.6 is 0 Å². The Morgan fingerprint density at radius 2 is 1.70 bits per heavy atom. The van der Waals surface area contributed by atoms with Crippen molar-refractivity contribution in [1.29, 1.82) is 0 Å². The summed E-state index contributed by atoms with van der Waals surface area (Å²) in [7, 11) is 2.89. The molecule has 0 saturated carbocycles. The minimum absolute atomic E-state index is 0.110. The summed E-state index contributed by atoms with van der Waals surface area (Å²) in [6, 6.07) is 14.2. The molecule has 7 nitrogen and oxygen atoms in total. The van der Waals surface area contributed by atoms with E-state index < -0.39 is 17.9 Å². The molecule has 0 aliphatic carbocycles. The van der Waals surface area contributed by atoms with Gasteiger partial charge in [0.2, 0.25) is 5.91 Å². The van der Waals surface area contributed by atoms with E-state index >= 15 is 0 Å². The molecule has 0 saturated heterocycles. The van der Waals surface area contributed by atoms with E-state index in [-0.39, 0.29) is 25.0 Å². The van der Waals surface area contributed by atoms with Gasteiger partial charge in [0.25, 0.3) is 0 Å². The van der Waals surface area contributed by atoms with Crippen molar-refractivity contribution in [3.63, 3.8) is 0 Å². The van der Waals surface area contributed by atoms with Crippen LogP contribution in [0.25, 0.3) is 0 Å². The molecule has 2 aromatic carbocycles. The maximum absolute atomic E-state index is 13.2. The molecule has 2 aromatic rings. The molecule has 0 bridgehead atoms. The Bertz CT molecular complexity index is 1070. The number of para-hydroxylation sites is 1. The molecule has 0 aromatic heterocycles. The number of methoxy groups -OCH3 is 2. The molecule has 0 fully saturated rings. The fourth-order valence-electron chi connectivity index (χ4n) is 4.01. The van der Waals surface area contributed by atoms with Crippen molar-refractivity contribution in [2.24, 2.45) is 0 Å². The molecule has 1 aliphatic rings. The fourth-order valence-corrected chi connectivity index (χ4v) is 4.01. The number of benzene rings is 2. The van der Waals surface area contributed by atoms with E-state index in [0.717, 1.165) is 11.1 Å². The van der Waals surface area contributed by atoms with Crippen LogP contribution in [0, 0.1) is 0 Å². The smallest absolute Gasteiger partial charge is 0.337 e. The molecule has 0 N–H and O–H groups in total. The maximum atomic E-state index is 13.2. The van der Waals surface area contributed by atoms with E-state index in [9.17, 15) is 14.4 Å². The molecule has 1 aliphatic heterocycles. The van der Waals surface area contributed by atoms with E-state index in [4.69, 9.17) is 14.2 Å². The Morgan fingerprint density at radius 3 is 2.30 bits per heavy atom. The van der Waals surface area contributed by atoms with Crippen LogP contribution in [-0.2, 0) is 25.6 Å². The van der Waals surface area contributed by atoms with Crippen LogP contribution in [0.4, 0.5) is 0 Å². The summed E-state index contributed by atoms with van der Waals surface area (Å²) in [5, 5.41) is 0. The Morgan fingerprint density at radius 1 is 1.03 bits per heavy atom. The lowest BCUT2D eigenvalue weighted by molar-refractivity contribution is -0.143. The Hall–Kier alpha value is -3.61. The highest BCUT2D eigenvalue weighted by atomic mass is 16.5. The van der Waals surface area contributed by atoms with Crippen molar-refractivity contribution in [2.75, 3.05) is 14.2 Å². The molecule has 1 unspecified atom stereocenters. The molecule has 174 valence electrons. The van der Waals surface area contributed by atoms with Gasteiger partial charge in [-0.05, 0) is 44.5 Å². The highest BCUT2D eigenvalue weighted by molar-refractivity contribution is 5.96. The van der Waals surface area contributed by atoms with Gasteiger partial charge < -0.3 is 19.1 Å². The average molecular weight is 452 g/mol. The minimum Gasteiger partial charge on any atom is -0.496 e. The summed E-state index contributed by atoms with van der Waals surface area (Å²) in [4.78, 5) is 39.7.